The number of hydrogen-bond donors (Lipinski definition) is 3. The summed E-state index contributed by atoms with van der Waals surface area (Å²) >= 11 is 5.45. The van der Waals surface area contributed by atoms with Gasteiger partial charge in [0, 0.05) is 41.8 Å². The van der Waals surface area contributed by atoms with Gasteiger partial charge in [0.05, 0.1) is 12.7 Å². The largest absolute Gasteiger partial charge is 0.404 e. The summed E-state index contributed by atoms with van der Waals surface area (Å²) in [6.45, 7) is 4.24. The molecular weight excluding hydrogens is 361 g/mol. The third-order valence-electron chi connectivity index (χ3n) is 5.04. The van der Waals surface area contributed by atoms with Gasteiger partial charge in [0.15, 0.2) is 0 Å². The van der Waals surface area contributed by atoms with Crippen LogP contribution in [0.2, 0.25) is 0 Å². The minimum absolute atomic E-state index is 0.0878. The van der Waals surface area contributed by atoms with Gasteiger partial charge in [0.2, 0.25) is 0 Å². The average Bonchev–Trinajstić information content (AvgIpc) is 2.66. The van der Waals surface area contributed by atoms with E-state index in [1.54, 1.807) is 6.20 Å². The Labute approximate surface area is 165 Å². The zero-order valence-corrected chi connectivity index (χ0v) is 16.4. The Morgan fingerprint density at radius 2 is 2.22 bits per heavy atom. The van der Waals surface area contributed by atoms with Gasteiger partial charge in [-0.1, -0.05) is 30.4 Å². The van der Waals surface area contributed by atoms with E-state index in [9.17, 15) is 4.39 Å². The molecule has 5 N–H and O–H groups in total. The lowest BCUT2D eigenvalue weighted by Crippen LogP contribution is -2.39. The number of rotatable bonds is 5. The van der Waals surface area contributed by atoms with Crippen molar-refractivity contribution in [2.45, 2.75) is 32.3 Å². The van der Waals surface area contributed by atoms with Gasteiger partial charge in [-0.15, -0.1) is 0 Å². The predicted molar refractivity (Wildman–Crippen MR) is 113 cm³/mol. The SMILES string of the molecule is CC(=S)C(=CN)c1c(CC2CNCCO2)cccc1C1=CC(F)=C(N)CC1. The first-order chi connectivity index (χ1) is 13.0. The first-order valence-corrected chi connectivity index (χ1v) is 9.64. The maximum atomic E-state index is 14.1. The Bertz CT molecular complexity index is 823. The van der Waals surface area contributed by atoms with E-state index in [4.69, 9.17) is 28.4 Å². The predicted octanol–water partition coefficient (Wildman–Crippen LogP) is 3.22. The molecule has 1 aliphatic heterocycles. The van der Waals surface area contributed by atoms with Crippen LogP contribution in [0.15, 0.2) is 42.0 Å². The molecule has 27 heavy (non-hydrogen) atoms. The van der Waals surface area contributed by atoms with Gasteiger partial charge in [-0.05, 0) is 48.1 Å². The second-order valence-electron chi connectivity index (χ2n) is 6.92. The van der Waals surface area contributed by atoms with Gasteiger partial charge < -0.3 is 21.5 Å². The van der Waals surface area contributed by atoms with Gasteiger partial charge in [0.1, 0.15) is 5.83 Å². The lowest BCUT2D eigenvalue weighted by molar-refractivity contribution is 0.0292. The Morgan fingerprint density at radius 3 is 2.85 bits per heavy atom. The van der Waals surface area contributed by atoms with Crippen LogP contribution in [0, 0.1) is 0 Å². The lowest BCUT2D eigenvalue weighted by Gasteiger charge is -2.26. The standard InChI is InChI=1S/C21H26FN3OS/c1-13(27)18(11-23)21-15(9-16-12-25-7-8-26-16)3-2-4-17(21)14-5-6-20(24)19(22)10-14/h2-4,10-11,16,25H,5-9,12,23-24H2,1H3. The zero-order valence-electron chi connectivity index (χ0n) is 15.6. The van der Waals surface area contributed by atoms with Gasteiger partial charge in [-0.2, -0.15) is 0 Å². The minimum atomic E-state index is -0.357. The maximum Gasteiger partial charge on any atom is 0.142 e. The number of thiocarbonyl (C=S) groups is 1. The summed E-state index contributed by atoms with van der Waals surface area (Å²) < 4.78 is 20.0. The van der Waals surface area contributed by atoms with E-state index in [2.05, 4.69) is 11.4 Å². The highest BCUT2D eigenvalue weighted by Crippen LogP contribution is 2.36. The molecule has 1 unspecified atom stereocenters. The zero-order chi connectivity index (χ0) is 19.4. The summed E-state index contributed by atoms with van der Waals surface area (Å²) in [5.41, 5.74) is 16.7. The van der Waals surface area contributed by atoms with Crippen molar-refractivity contribution < 1.29 is 9.13 Å². The van der Waals surface area contributed by atoms with Gasteiger partial charge >= 0.3 is 0 Å². The third-order valence-corrected chi connectivity index (χ3v) is 5.26. The molecule has 1 aromatic rings. The van der Waals surface area contributed by atoms with Crippen LogP contribution in [0.4, 0.5) is 4.39 Å². The van der Waals surface area contributed by atoms with Crippen LogP contribution in [0.3, 0.4) is 0 Å². The number of ether oxygens (including phenoxy) is 1. The summed E-state index contributed by atoms with van der Waals surface area (Å²) in [6, 6.07) is 6.07. The van der Waals surface area contributed by atoms with Crippen LogP contribution in [0.1, 0.15) is 36.5 Å². The summed E-state index contributed by atoms with van der Waals surface area (Å²) in [7, 11) is 0. The normalized spacial score (nSPS) is 21.2. The molecule has 1 heterocycles. The number of halogens is 1. The fourth-order valence-corrected chi connectivity index (χ4v) is 3.82. The van der Waals surface area contributed by atoms with Crippen molar-refractivity contribution in [2.75, 3.05) is 19.7 Å². The Balaban J connectivity index is 2.09. The molecule has 1 saturated heterocycles. The Hall–Kier alpha value is -2.02. The topological polar surface area (TPSA) is 73.3 Å². The van der Waals surface area contributed by atoms with E-state index < -0.39 is 0 Å². The van der Waals surface area contributed by atoms with Crippen LogP contribution in [-0.2, 0) is 11.2 Å². The van der Waals surface area contributed by atoms with E-state index in [1.807, 2.05) is 19.1 Å². The lowest BCUT2D eigenvalue weighted by atomic mass is 9.84. The van der Waals surface area contributed by atoms with Crippen LogP contribution < -0.4 is 16.8 Å². The molecule has 6 heteroatoms. The van der Waals surface area contributed by atoms with Crippen molar-refractivity contribution >= 4 is 28.2 Å². The number of morpholine rings is 1. The Morgan fingerprint density at radius 1 is 1.41 bits per heavy atom. The second-order valence-corrected chi connectivity index (χ2v) is 7.53. The molecule has 3 rings (SSSR count). The number of allylic oxidation sites excluding steroid dienone is 5. The van der Waals surface area contributed by atoms with E-state index >= 15 is 0 Å². The van der Waals surface area contributed by atoms with Gasteiger partial charge in [0.25, 0.3) is 0 Å². The summed E-state index contributed by atoms with van der Waals surface area (Å²) in [5, 5.41) is 3.36. The molecule has 0 amide bonds. The van der Waals surface area contributed by atoms with Crippen molar-refractivity contribution in [1.82, 2.24) is 5.32 Å². The Kier molecular flexibility index (Phi) is 6.42. The maximum absolute atomic E-state index is 14.1. The van der Waals surface area contributed by atoms with Crippen LogP contribution >= 0.6 is 12.2 Å². The van der Waals surface area contributed by atoms with E-state index in [-0.39, 0.29) is 11.9 Å². The monoisotopic (exact) mass is 387 g/mol. The molecule has 2 aliphatic rings. The number of hydrogen-bond acceptors (Lipinski definition) is 5. The van der Waals surface area contributed by atoms with Crippen molar-refractivity contribution in [3.63, 3.8) is 0 Å². The fourth-order valence-electron chi connectivity index (χ4n) is 3.65. The van der Waals surface area contributed by atoms with Crippen molar-refractivity contribution in [3.8, 4) is 0 Å². The molecule has 1 aromatic carbocycles. The molecule has 0 radical (unpaired) electrons. The van der Waals surface area contributed by atoms with E-state index in [0.717, 1.165) is 47.3 Å². The third kappa shape index (κ3) is 4.46. The van der Waals surface area contributed by atoms with Gasteiger partial charge in [-0.3, -0.25) is 0 Å². The molecule has 1 aliphatic carbocycles. The molecule has 1 atom stereocenters. The minimum Gasteiger partial charge on any atom is -0.404 e. The molecule has 4 nitrogen and oxygen atoms in total. The first-order valence-electron chi connectivity index (χ1n) is 9.23. The van der Waals surface area contributed by atoms with Crippen LogP contribution in [-0.4, -0.2) is 30.7 Å². The van der Waals surface area contributed by atoms with Crippen molar-refractivity contribution in [3.05, 3.63) is 58.7 Å². The highest BCUT2D eigenvalue weighted by atomic mass is 32.1. The molecule has 0 bridgehead atoms. The van der Waals surface area contributed by atoms with Crippen molar-refractivity contribution in [2.24, 2.45) is 11.5 Å². The number of benzene rings is 1. The molecule has 144 valence electrons. The van der Waals surface area contributed by atoms with Crippen molar-refractivity contribution in [1.29, 1.82) is 0 Å². The van der Waals surface area contributed by atoms with Crippen LogP contribution in [0.25, 0.3) is 11.1 Å². The molecular formula is C21H26FN3OS. The molecule has 0 aromatic heterocycles. The highest BCUT2D eigenvalue weighted by Gasteiger charge is 2.22. The highest BCUT2D eigenvalue weighted by molar-refractivity contribution is 7.81. The average molecular weight is 388 g/mol. The molecule has 0 spiro atoms. The quantitative estimate of drug-likeness (QED) is 0.534. The van der Waals surface area contributed by atoms with Gasteiger partial charge in [-0.25, -0.2) is 4.39 Å². The second kappa shape index (κ2) is 8.78. The van der Waals surface area contributed by atoms with E-state index in [0.29, 0.717) is 30.0 Å². The number of nitrogens with two attached hydrogens (primary N) is 2. The smallest absolute Gasteiger partial charge is 0.142 e. The summed E-state index contributed by atoms with van der Waals surface area (Å²) in [6.07, 6.45) is 5.11. The van der Waals surface area contributed by atoms with E-state index in [1.165, 1.54) is 6.08 Å². The summed E-state index contributed by atoms with van der Waals surface area (Å²) in [5.74, 6) is -0.357. The first kappa shape index (κ1) is 19.7. The fraction of sp³-hybridized carbons (Fsp3) is 0.381. The molecule has 1 fully saturated rings. The molecule has 0 saturated carbocycles. The van der Waals surface area contributed by atoms with Crippen LogP contribution in [0.5, 0.6) is 0 Å². The summed E-state index contributed by atoms with van der Waals surface area (Å²) in [4.78, 5) is 0.709. The number of nitrogens with one attached hydrogen (secondary N) is 1.